The number of carbonyl (C=O) groups excluding carboxylic acids is 3. The number of esters is 1. The molecule has 0 fully saturated rings. The first-order chi connectivity index (χ1) is 13.8. The van der Waals surface area contributed by atoms with Crippen molar-refractivity contribution >= 4 is 23.3 Å². The Morgan fingerprint density at radius 3 is 2.24 bits per heavy atom. The molecule has 0 unspecified atom stereocenters. The summed E-state index contributed by atoms with van der Waals surface area (Å²) in [5, 5.41) is 2.66. The molecule has 0 spiro atoms. The van der Waals surface area contributed by atoms with Gasteiger partial charge in [-0.15, -0.1) is 0 Å². The highest BCUT2D eigenvalue weighted by Gasteiger charge is 2.21. The van der Waals surface area contributed by atoms with Crippen molar-refractivity contribution in [2.75, 3.05) is 5.32 Å². The van der Waals surface area contributed by atoms with E-state index < -0.39 is 18.0 Å². The van der Waals surface area contributed by atoms with Gasteiger partial charge in [-0.1, -0.05) is 12.1 Å². The van der Waals surface area contributed by atoms with Crippen LogP contribution in [0.2, 0.25) is 0 Å². The van der Waals surface area contributed by atoms with Crippen molar-refractivity contribution in [3.63, 3.8) is 0 Å². The first-order valence-corrected chi connectivity index (χ1v) is 9.12. The van der Waals surface area contributed by atoms with Crippen LogP contribution in [0.15, 0.2) is 65.3 Å². The average Bonchev–Trinajstić information content (AvgIpc) is 3.25. The van der Waals surface area contributed by atoms with Crippen molar-refractivity contribution in [2.24, 2.45) is 0 Å². The number of Topliss-reactive ketones (excluding diaryl/α,β-unsaturated/α-hetero) is 1. The largest absolute Gasteiger partial charge is 0.459 e. The lowest BCUT2D eigenvalue weighted by Gasteiger charge is -2.13. The van der Waals surface area contributed by atoms with E-state index in [-0.39, 0.29) is 17.1 Å². The summed E-state index contributed by atoms with van der Waals surface area (Å²) >= 11 is 0. The fraction of sp³-hybridized carbons (Fsp3) is 0.174. The molecular formula is C23H21NO5. The molecule has 0 saturated heterocycles. The number of hydrogen-bond donors (Lipinski definition) is 1. The summed E-state index contributed by atoms with van der Waals surface area (Å²) in [6, 6.07) is 14.8. The maximum absolute atomic E-state index is 12.5. The molecule has 6 nitrogen and oxygen atoms in total. The van der Waals surface area contributed by atoms with Gasteiger partial charge in [-0.2, -0.15) is 0 Å². The third-order valence-corrected chi connectivity index (χ3v) is 4.57. The van der Waals surface area contributed by atoms with Crippen LogP contribution in [0.25, 0.3) is 0 Å². The lowest BCUT2D eigenvalue weighted by molar-refractivity contribution is 0.0319. The average molecular weight is 391 g/mol. The molecule has 6 heteroatoms. The van der Waals surface area contributed by atoms with Crippen molar-refractivity contribution in [1.29, 1.82) is 0 Å². The minimum absolute atomic E-state index is 0.187. The monoisotopic (exact) mass is 391 g/mol. The Kier molecular flexibility index (Phi) is 5.93. The number of ketones is 1. The number of benzene rings is 2. The van der Waals surface area contributed by atoms with Crippen LogP contribution in [0, 0.1) is 13.8 Å². The molecule has 0 aliphatic rings. The lowest BCUT2D eigenvalue weighted by atomic mass is 10.0. The minimum Gasteiger partial charge on any atom is -0.459 e. The molecule has 2 aromatic carbocycles. The molecule has 148 valence electrons. The Morgan fingerprint density at radius 2 is 1.62 bits per heavy atom. The normalized spacial score (nSPS) is 11.6. The first-order valence-electron chi connectivity index (χ1n) is 9.12. The molecule has 29 heavy (non-hydrogen) atoms. The van der Waals surface area contributed by atoms with Gasteiger partial charge in [-0.05, 0) is 74.4 Å². The molecule has 3 aromatic rings. The highest BCUT2D eigenvalue weighted by atomic mass is 16.5. The van der Waals surface area contributed by atoms with Gasteiger partial charge in [-0.25, -0.2) is 4.79 Å². The highest BCUT2D eigenvalue weighted by Crippen LogP contribution is 2.16. The van der Waals surface area contributed by atoms with Crippen molar-refractivity contribution in [3.05, 3.63) is 88.9 Å². The van der Waals surface area contributed by atoms with Crippen LogP contribution < -0.4 is 5.32 Å². The van der Waals surface area contributed by atoms with E-state index in [1.54, 1.807) is 43.3 Å². The Morgan fingerprint density at radius 1 is 0.931 bits per heavy atom. The van der Waals surface area contributed by atoms with Crippen LogP contribution in [-0.4, -0.2) is 23.8 Å². The molecule has 0 bridgehead atoms. The van der Waals surface area contributed by atoms with Crippen LogP contribution in [0.5, 0.6) is 0 Å². The Hall–Kier alpha value is -3.67. The van der Waals surface area contributed by atoms with E-state index in [0.29, 0.717) is 11.3 Å². The van der Waals surface area contributed by atoms with Gasteiger partial charge in [0.05, 0.1) is 11.8 Å². The summed E-state index contributed by atoms with van der Waals surface area (Å²) in [6.07, 6.45) is 0.497. The van der Waals surface area contributed by atoms with Gasteiger partial charge in [-0.3, -0.25) is 9.59 Å². The van der Waals surface area contributed by atoms with Crippen LogP contribution >= 0.6 is 0 Å². The second kappa shape index (κ2) is 8.56. The van der Waals surface area contributed by atoms with Crippen LogP contribution in [0.4, 0.5) is 5.69 Å². The highest BCUT2D eigenvalue weighted by molar-refractivity contribution is 6.03. The third-order valence-electron chi connectivity index (χ3n) is 4.57. The standard InChI is InChI=1S/C23H21NO5/c1-14-6-7-18(13-15(14)2)21(25)16(3)29-23(27)17-8-10-19(11-9-17)24-22(26)20-5-4-12-28-20/h4-13,16H,1-3H3,(H,24,26)/t16-/m0/s1. The lowest BCUT2D eigenvalue weighted by Crippen LogP contribution is -2.24. The molecule has 1 heterocycles. The predicted molar refractivity (Wildman–Crippen MR) is 108 cm³/mol. The Bertz CT molecular complexity index is 1040. The number of hydrogen-bond acceptors (Lipinski definition) is 5. The van der Waals surface area contributed by atoms with Crippen LogP contribution in [-0.2, 0) is 4.74 Å². The fourth-order valence-electron chi connectivity index (χ4n) is 2.70. The van der Waals surface area contributed by atoms with E-state index in [2.05, 4.69) is 5.32 Å². The molecule has 3 rings (SSSR count). The molecule has 0 aliphatic carbocycles. The van der Waals surface area contributed by atoms with Crippen LogP contribution in [0.1, 0.15) is 49.3 Å². The molecule has 1 amide bonds. The first kappa shape index (κ1) is 20.1. The number of anilines is 1. The predicted octanol–water partition coefficient (Wildman–Crippen LogP) is 4.58. The molecular weight excluding hydrogens is 370 g/mol. The number of nitrogens with one attached hydrogen (secondary N) is 1. The second-order valence-corrected chi connectivity index (χ2v) is 6.72. The zero-order valence-electron chi connectivity index (χ0n) is 16.4. The third kappa shape index (κ3) is 4.79. The summed E-state index contributed by atoms with van der Waals surface area (Å²) in [5.74, 6) is -1.08. The fourth-order valence-corrected chi connectivity index (χ4v) is 2.70. The van der Waals surface area contributed by atoms with Gasteiger partial charge >= 0.3 is 5.97 Å². The van der Waals surface area contributed by atoms with Crippen molar-refractivity contribution < 1.29 is 23.5 Å². The van der Waals surface area contributed by atoms with E-state index in [9.17, 15) is 14.4 Å². The number of ether oxygens (including phenoxy) is 1. The van der Waals surface area contributed by atoms with E-state index in [0.717, 1.165) is 11.1 Å². The maximum atomic E-state index is 12.5. The van der Waals surface area contributed by atoms with Gasteiger partial charge in [0.25, 0.3) is 5.91 Å². The Labute approximate surface area is 168 Å². The zero-order chi connectivity index (χ0) is 21.0. The van der Waals surface area contributed by atoms with Crippen molar-refractivity contribution in [2.45, 2.75) is 26.9 Å². The number of furan rings is 1. The van der Waals surface area contributed by atoms with Gasteiger partial charge < -0.3 is 14.5 Å². The molecule has 1 atom stereocenters. The van der Waals surface area contributed by atoms with E-state index in [4.69, 9.17) is 9.15 Å². The van der Waals surface area contributed by atoms with Crippen molar-refractivity contribution in [1.82, 2.24) is 0 Å². The van der Waals surface area contributed by atoms with Gasteiger partial charge in [0.2, 0.25) is 5.78 Å². The van der Waals surface area contributed by atoms with Crippen LogP contribution in [0.3, 0.4) is 0 Å². The molecule has 0 radical (unpaired) electrons. The zero-order valence-corrected chi connectivity index (χ0v) is 16.4. The summed E-state index contributed by atoms with van der Waals surface area (Å²) in [4.78, 5) is 36.8. The maximum Gasteiger partial charge on any atom is 0.338 e. The molecule has 0 aliphatic heterocycles. The van der Waals surface area contributed by atoms with E-state index >= 15 is 0 Å². The van der Waals surface area contributed by atoms with E-state index in [1.807, 2.05) is 19.9 Å². The summed E-state index contributed by atoms with van der Waals surface area (Å²) in [6.45, 7) is 5.44. The molecule has 1 N–H and O–H groups in total. The number of aryl methyl sites for hydroxylation is 2. The second-order valence-electron chi connectivity index (χ2n) is 6.72. The number of amides is 1. The summed E-state index contributed by atoms with van der Waals surface area (Å²) in [7, 11) is 0. The van der Waals surface area contributed by atoms with E-state index in [1.165, 1.54) is 18.4 Å². The van der Waals surface area contributed by atoms with Crippen molar-refractivity contribution in [3.8, 4) is 0 Å². The number of rotatable bonds is 6. The topological polar surface area (TPSA) is 85.6 Å². The molecule has 0 saturated carbocycles. The smallest absolute Gasteiger partial charge is 0.338 e. The quantitative estimate of drug-likeness (QED) is 0.491. The number of carbonyl (C=O) groups is 3. The van der Waals surface area contributed by atoms with Gasteiger partial charge in [0, 0.05) is 11.3 Å². The Balaban J connectivity index is 1.61. The summed E-state index contributed by atoms with van der Waals surface area (Å²) < 4.78 is 10.3. The van der Waals surface area contributed by atoms with Gasteiger partial charge in [0.15, 0.2) is 11.9 Å². The van der Waals surface area contributed by atoms with Gasteiger partial charge in [0.1, 0.15) is 0 Å². The molecule has 1 aromatic heterocycles. The summed E-state index contributed by atoms with van der Waals surface area (Å²) in [5.41, 5.74) is 3.37. The SMILES string of the molecule is Cc1ccc(C(=O)[C@H](C)OC(=O)c2ccc(NC(=O)c3ccco3)cc2)cc1C. The minimum atomic E-state index is -0.914.